The summed E-state index contributed by atoms with van der Waals surface area (Å²) in [5.41, 5.74) is 4.18. The van der Waals surface area contributed by atoms with Crippen LogP contribution in [0.25, 0.3) is 0 Å². The zero-order chi connectivity index (χ0) is 22.5. The summed E-state index contributed by atoms with van der Waals surface area (Å²) in [5.74, 6) is -0.490. The predicted octanol–water partition coefficient (Wildman–Crippen LogP) is 2.76. The number of amides is 2. The summed E-state index contributed by atoms with van der Waals surface area (Å²) in [6.45, 7) is -3.01. The van der Waals surface area contributed by atoms with Crippen LogP contribution >= 0.6 is 0 Å². The Kier molecular flexibility index (Phi) is 12.1. The summed E-state index contributed by atoms with van der Waals surface area (Å²) in [4.78, 5) is 23.4. The third kappa shape index (κ3) is 15.4. The smallest absolute Gasteiger partial charge is 0.408 e. The molecule has 0 aliphatic heterocycles. The maximum atomic E-state index is 12.1. The number of halogens is 6. The summed E-state index contributed by atoms with van der Waals surface area (Å²) in [6.07, 6.45) is -6.08. The van der Waals surface area contributed by atoms with Crippen molar-refractivity contribution in [3.05, 3.63) is 0 Å². The zero-order valence-corrected chi connectivity index (χ0v) is 15.5. The highest BCUT2D eigenvalue weighted by molar-refractivity contribution is 5.83. The van der Waals surface area contributed by atoms with Gasteiger partial charge in [0, 0.05) is 0 Å². The average molecular weight is 434 g/mol. The SMILES string of the molecule is N#CCNC(=O)[C@H](CC1CCCCC1)OC(=O)NCC(F)(F)F.NCC(F)(F)F. The first kappa shape index (κ1) is 26.8. The van der Waals surface area contributed by atoms with Crippen LogP contribution in [0.4, 0.5) is 31.1 Å². The lowest BCUT2D eigenvalue weighted by Crippen LogP contribution is -2.43. The third-order valence-electron chi connectivity index (χ3n) is 3.82. The van der Waals surface area contributed by atoms with Crippen molar-refractivity contribution in [3.8, 4) is 6.07 Å². The van der Waals surface area contributed by atoms with E-state index in [-0.39, 0.29) is 18.9 Å². The highest BCUT2D eigenvalue weighted by atomic mass is 19.4. The van der Waals surface area contributed by atoms with E-state index >= 15 is 0 Å². The van der Waals surface area contributed by atoms with Gasteiger partial charge in [0.2, 0.25) is 0 Å². The van der Waals surface area contributed by atoms with Crippen molar-refractivity contribution in [2.24, 2.45) is 11.7 Å². The molecule has 2 amide bonds. The zero-order valence-electron chi connectivity index (χ0n) is 15.5. The lowest BCUT2D eigenvalue weighted by molar-refractivity contribution is -0.131. The Bertz CT molecular complexity index is 542. The molecule has 7 nitrogen and oxygen atoms in total. The van der Waals surface area contributed by atoms with E-state index in [9.17, 15) is 35.9 Å². The molecule has 0 bridgehead atoms. The fourth-order valence-corrected chi connectivity index (χ4v) is 2.52. The molecule has 0 radical (unpaired) electrons. The van der Waals surface area contributed by atoms with E-state index < -0.39 is 43.5 Å². The molecule has 4 N–H and O–H groups in total. The van der Waals surface area contributed by atoms with Gasteiger partial charge in [-0.2, -0.15) is 31.6 Å². The van der Waals surface area contributed by atoms with Crippen LogP contribution < -0.4 is 16.4 Å². The molecule has 0 aromatic heterocycles. The number of nitrogens with one attached hydrogen (secondary N) is 2. The number of hydrogen-bond acceptors (Lipinski definition) is 5. The number of carbonyl (C=O) groups is 2. The molecule has 0 spiro atoms. The molecule has 0 unspecified atom stereocenters. The van der Waals surface area contributed by atoms with E-state index in [2.05, 4.69) is 11.1 Å². The van der Waals surface area contributed by atoms with Crippen molar-refractivity contribution >= 4 is 12.0 Å². The third-order valence-corrected chi connectivity index (χ3v) is 3.82. The molecule has 13 heteroatoms. The highest BCUT2D eigenvalue weighted by Gasteiger charge is 2.31. The molecule has 1 saturated carbocycles. The second kappa shape index (κ2) is 13.1. The first-order valence-corrected chi connectivity index (χ1v) is 8.80. The van der Waals surface area contributed by atoms with Gasteiger partial charge in [0.05, 0.1) is 12.6 Å². The van der Waals surface area contributed by atoms with Crippen molar-refractivity contribution in [3.63, 3.8) is 0 Å². The molecule has 0 aromatic rings. The van der Waals surface area contributed by atoms with E-state index in [0.717, 1.165) is 32.1 Å². The Labute approximate surface area is 163 Å². The second-order valence-corrected chi connectivity index (χ2v) is 6.30. The molecule has 0 aromatic carbocycles. The maximum Gasteiger partial charge on any atom is 0.408 e. The number of nitriles is 1. The monoisotopic (exact) mass is 434 g/mol. The minimum absolute atomic E-state index is 0.178. The molecule has 1 fully saturated rings. The maximum absolute atomic E-state index is 12.1. The summed E-state index contributed by atoms with van der Waals surface area (Å²) in [7, 11) is 0. The molecule has 1 aliphatic rings. The minimum atomic E-state index is -4.55. The van der Waals surface area contributed by atoms with E-state index in [1.807, 2.05) is 0 Å². The van der Waals surface area contributed by atoms with E-state index in [1.165, 1.54) is 0 Å². The summed E-state index contributed by atoms with van der Waals surface area (Å²) in [6, 6.07) is 1.72. The van der Waals surface area contributed by atoms with Crippen LogP contribution in [0.2, 0.25) is 0 Å². The Morgan fingerprint density at radius 2 is 1.62 bits per heavy atom. The van der Waals surface area contributed by atoms with Gasteiger partial charge in [0.1, 0.15) is 13.1 Å². The topological polar surface area (TPSA) is 117 Å². The van der Waals surface area contributed by atoms with Crippen molar-refractivity contribution in [2.75, 3.05) is 19.6 Å². The molecular formula is C16H24F6N4O3. The largest absolute Gasteiger partial charge is 0.436 e. The van der Waals surface area contributed by atoms with Crippen LogP contribution in [0.1, 0.15) is 38.5 Å². The van der Waals surface area contributed by atoms with Crippen LogP contribution in [-0.2, 0) is 9.53 Å². The standard InChI is InChI=1S/C14H20F3N3O3.C2H4F3N/c15-14(16,17)9-20-13(22)23-11(12(21)19-7-6-18)8-10-4-2-1-3-5-10;3-2(4,5)1-6/h10-11H,1-5,7-9H2,(H,19,21)(H,20,22);1,6H2/t11-;/m0./s1. The molecule has 1 aliphatic carbocycles. The van der Waals surface area contributed by atoms with Crippen LogP contribution in [0.3, 0.4) is 0 Å². The molecular weight excluding hydrogens is 410 g/mol. The number of nitrogens with zero attached hydrogens (tertiary/aromatic N) is 1. The number of alkyl carbamates (subject to hydrolysis) is 1. The van der Waals surface area contributed by atoms with E-state index in [4.69, 9.17) is 10.00 Å². The predicted molar refractivity (Wildman–Crippen MR) is 89.3 cm³/mol. The summed E-state index contributed by atoms with van der Waals surface area (Å²) < 4.78 is 73.0. The number of nitrogens with two attached hydrogens (primary N) is 1. The van der Waals surface area contributed by atoms with Gasteiger partial charge in [-0.1, -0.05) is 32.1 Å². The first-order chi connectivity index (χ1) is 13.4. The van der Waals surface area contributed by atoms with E-state index in [0.29, 0.717) is 0 Å². The first-order valence-electron chi connectivity index (χ1n) is 8.80. The van der Waals surface area contributed by atoms with Gasteiger partial charge in [0.15, 0.2) is 6.10 Å². The fourth-order valence-electron chi connectivity index (χ4n) is 2.52. The molecule has 168 valence electrons. The Balaban J connectivity index is 0.00000113. The van der Waals surface area contributed by atoms with Gasteiger partial charge >= 0.3 is 18.4 Å². The Hall–Kier alpha value is -2.23. The van der Waals surface area contributed by atoms with Gasteiger partial charge in [0.25, 0.3) is 5.91 Å². The highest BCUT2D eigenvalue weighted by Crippen LogP contribution is 2.28. The van der Waals surface area contributed by atoms with Crippen molar-refractivity contribution in [1.29, 1.82) is 5.26 Å². The van der Waals surface area contributed by atoms with Gasteiger partial charge in [-0.25, -0.2) is 4.79 Å². The van der Waals surface area contributed by atoms with E-state index in [1.54, 1.807) is 11.4 Å². The molecule has 1 rings (SSSR count). The van der Waals surface area contributed by atoms with Crippen LogP contribution in [0.5, 0.6) is 0 Å². The van der Waals surface area contributed by atoms with Crippen LogP contribution in [-0.4, -0.2) is 50.1 Å². The number of ether oxygens (including phenoxy) is 1. The van der Waals surface area contributed by atoms with Gasteiger partial charge < -0.3 is 21.1 Å². The normalized spacial score (nSPS) is 15.9. The van der Waals surface area contributed by atoms with Gasteiger partial charge in [-0.15, -0.1) is 0 Å². The number of alkyl halides is 6. The van der Waals surface area contributed by atoms with Crippen LogP contribution in [0, 0.1) is 17.2 Å². The molecule has 0 saturated heterocycles. The van der Waals surface area contributed by atoms with Crippen LogP contribution in [0.15, 0.2) is 0 Å². The lowest BCUT2D eigenvalue weighted by Gasteiger charge is -2.25. The molecule has 1 atom stereocenters. The quantitative estimate of drug-likeness (QED) is 0.439. The lowest BCUT2D eigenvalue weighted by atomic mass is 9.85. The Morgan fingerprint density at radius 3 is 2.07 bits per heavy atom. The summed E-state index contributed by atoms with van der Waals surface area (Å²) in [5, 5.41) is 12.3. The van der Waals surface area contributed by atoms with Crippen molar-refractivity contribution in [2.45, 2.75) is 57.0 Å². The average Bonchev–Trinajstić information content (AvgIpc) is 2.64. The van der Waals surface area contributed by atoms with Gasteiger partial charge in [-0.05, 0) is 12.3 Å². The minimum Gasteiger partial charge on any atom is -0.436 e. The summed E-state index contributed by atoms with van der Waals surface area (Å²) >= 11 is 0. The van der Waals surface area contributed by atoms with Crippen molar-refractivity contribution in [1.82, 2.24) is 10.6 Å². The molecule has 29 heavy (non-hydrogen) atoms. The number of hydrogen-bond donors (Lipinski definition) is 3. The number of rotatable bonds is 6. The second-order valence-electron chi connectivity index (χ2n) is 6.30. The van der Waals surface area contributed by atoms with Crippen molar-refractivity contribution < 1.29 is 40.7 Å². The fraction of sp³-hybridized carbons (Fsp3) is 0.812. The molecule has 0 heterocycles. The number of carbonyl (C=O) groups excluding carboxylic acids is 2. The van der Waals surface area contributed by atoms with Gasteiger partial charge in [-0.3, -0.25) is 4.79 Å². The Morgan fingerprint density at radius 1 is 1.07 bits per heavy atom.